The van der Waals surface area contributed by atoms with Crippen LogP contribution in [-0.4, -0.2) is 13.0 Å². The summed E-state index contributed by atoms with van der Waals surface area (Å²) >= 11 is 5.40. The largest absolute Gasteiger partial charge is 0.573 e. The Morgan fingerprint density at radius 1 is 1.24 bits per heavy atom. The third kappa shape index (κ3) is 4.26. The van der Waals surface area contributed by atoms with Gasteiger partial charge in [-0.3, -0.25) is 0 Å². The maximum absolute atomic E-state index is 12.0. The molecule has 0 aliphatic heterocycles. The molecule has 0 unspecified atom stereocenters. The minimum absolute atomic E-state index is 0.0197. The molecule has 17 heavy (non-hydrogen) atoms. The Morgan fingerprint density at radius 3 is 2.35 bits per heavy atom. The molecule has 0 aromatic heterocycles. The van der Waals surface area contributed by atoms with Crippen LogP contribution in [0.25, 0.3) is 0 Å². The molecule has 0 saturated heterocycles. The minimum atomic E-state index is -4.99. The van der Waals surface area contributed by atoms with Gasteiger partial charge in [-0.25, -0.2) is 0 Å². The first-order chi connectivity index (χ1) is 7.83. The van der Waals surface area contributed by atoms with Crippen molar-refractivity contribution < 1.29 is 31.4 Å². The molecule has 0 atom stereocenters. The lowest BCUT2D eigenvalue weighted by Gasteiger charge is -2.15. The topological polar surface area (TPSA) is 18.5 Å². The van der Waals surface area contributed by atoms with Gasteiger partial charge >= 0.3 is 13.0 Å². The lowest BCUT2D eigenvalue weighted by molar-refractivity contribution is -0.275. The first kappa shape index (κ1) is 13.8. The number of ether oxygens (including phenoxy) is 2. The van der Waals surface area contributed by atoms with E-state index >= 15 is 0 Å². The summed E-state index contributed by atoms with van der Waals surface area (Å²) < 4.78 is 67.6. The predicted octanol–water partition coefficient (Wildman–Crippen LogP) is 3.93. The second kappa shape index (κ2) is 5.39. The number of hydrogen-bond acceptors (Lipinski definition) is 2. The van der Waals surface area contributed by atoms with Gasteiger partial charge in [0.2, 0.25) is 0 Å². The fourth-order valence-electron chi connectivity index (χ4n) is 1.09. The fourth-order valence-corrected chi connectivity index (χ4v) is 1.30. The Balaban J connectivity index is 3.10. The lowest BCUT2D eigenvalue weighted by Crippen LogP contribution is -2.18. The molecule has 2 nitrogen and oxygen atoms in total. The average molecular weight is 277 g/mol. The molecule has 1 aromatic carbocycles. The fraction of sp³-hybridized carbons (Fsp3) is 0.333. The Kier molecular flexibility index (Phi) is 4.39. The molecular formula is C9H6ClF5O2. The standard InChI is InChI=1S/C9H6ClF5O2/c10-4-5-2-1-3-6(17-9(13,14)15)7(5)16-8(11)12/h1-3,8H,4H2. The monoisotopic (exact) mass is 276 g/mol. The zero-order valence-electron chi connectivity index (χ0n) is 8.10. The summed E-state index contributed by atoms with van der Waals surface area (Å²) in [4.78, 5) is 0. The molecule has 0 radical (unpaired) electrons. The number of rotatable bonds is 4. The van der Waals surface area contributed by atoms with E-state index in [-0.39, 0.29) is 11.4 Å². The van der Waals surface area contributed by atoms with E-state index in [1.807, 2.05) is 0 Å². The van der Waals surface area contributed by atoms with E-state index in [0.29, 0.717) is 0 Å². The molecule has 0 aliphatic rings. The Hall–Kier alpha value is -1.24. The molecule has 1 aromatic rings. The van der Waals surface area contributed by atoms with Gasteiger partial charge < -0.3 is 9.47 Å². The molecule has 8 heteroatoms. The summed E-state index contributed by atoms with van der Waals surface area (Å²) in [7, 11) is 0. The van der Waals surface area contributed by atoms with E-state index in [1.54, 1.807) is 0 Å². The normalized spacial score (nSPS) is 11.7. The van der Waals surface area contributed by atoms with Gasteiger partial charge in [0.1, 0.15) is 0 Å². The first-order valence-electron chi connectivity index (χ1n) is 4.22. The smallest absolute Gasteiger partial charge is 0.431 e. The Labute approximate surface area is 97.9 Å². The van der Waals surface area contributed by atoms with Crippen molar-refractivity contribution in [2.24, 2.45) is 0 Å². The van der Waals surface area contributed by atoms with E-state index < -0.39 is 24.5 Å². The summed E-state index contributed by atoms with van der Waals surface area (Å²) in [5, 5.41) is 0. The number of alkyl halides is 6. The minimum Gasteiger partial charge on any atom is -0.431 e. The van der Waals surface area contributed by atoms with Gasteiger partial charge in [0.25, 0.3) is 0 Å². The molecule has 0 amide bonds. The highest BCUT2D eigenvalue weighted by atomic mass is 35.5. The second-order valence-electron chi connectivity index (χ2n) is 2.80. The van der Waals surface area contributed by atoms with Gasteiger partial charge in [0.05, 0.1) is 5.88 Å². The van der Waals surface area contributed by atoms with E-state index in [2.05, 4.69) is 9.47 Å². The zero-order chi connectivity index (χ0) is 13.1. The summed E-state index contributed by atoms with van der Waals surface area (Å²) in [6.07, 6.45) is -4.99. The van der Waals surface area contributed by atoms with Crippen LogP contribution in [-0.2, 0) is 5.88 Å². The number of benzene rings is 1. The van der Waals surface area contributed by atoms with Crippen molar-refractivity contribution in [1.82, 2.24) is 0 Å². The first-order valence-corrected chi connectivity index (χ1v) is 4.75. The molecule has 0 bridgehead atoms. The Bertz CT molecular complexity index is 380. The van der Waals surface area contributed by atoms with Gasteiger partial charge in [0.15, 0.2) is 11.5 Å². The zero-order valence-corrected chi connectivity index (χ0v) is 8.86. The molecule has 0 spiro atoms. The molecule has 96 valence electrons. The summed E-state index contributed by atoms with van der Waals surface area (Å²) in [6.45, 7) is -3.27. The van der Waals surface area contributed by atoms with E-state index in [4.69, 9.17) is 11.6 Å². The van der Waals surface area contributed by atoms with Crippen LogP contribution in [0, 0.1) is 0 Å². The van der Waals surface area contributed by atoms with E-state index in [9.17, 15) is 22.0 Å². The average Bonchev–Trinajstić information content (AvgIpc) is 2.17. The van der Waals surface area contributed by atoms with Crippen molar-refractivity contribution in [1.29, 1.82) is 0 Å². The van der Waals surface area contributed by atoms with Gasteiger partial charge in [-0.05, 0) is 6.07 Å². The molecule has 0 fully saturated rings. The molecule has 0 saturated carbocycles. The lowest BCUT2D eigenvalue weighted by atomic mass is 10.2. The highest BCUT2D eigenvalue weighted by Gasteiger charge is 2.33. The van der Waals surface area contributed by atoms with Crippen LogP contribution in [0.15, 0.2) is 18.2 Å². The van der Waals surface area contributed by atoms with Crippen LogP contribution in [0.2, 0.25) is 0 Å². The van der Waals surface area contributed by atoms with Gasteiger partial charge in [-0.2, -0.15) is 8.78 Å². The molecule has 0 aliphatic carbocycles. The number of halogens is 6. The maximum atomic E-state index is 12.0. The van der Waals surface area contributed by atoms with Crippen molar-refractivity contribution in [2.45, 2.75) is 18.9 Å². The van der Waals surface area contributed by atoms with Crippen LogP contribution in [0.4, 0.5) is 22.0 Å². The van der Waals surface area contributed by atoms with Gasteiger partial charge in [-0.15, -0.1) is 24.8 Å². The van der Waals surface area contributed by atoms with Crippen molar-refractivity contribution in [3.8, 4) is 11.5 Å². The summed E-state index contributed by atoms with van der Waals surface area (Å²) in [5.74, 6) is -1.84. The predicted molar refractivity (Wildman–Crippen MR) is 49.3 cm³/mol. The SMILES string of the molecule is FC(F)Oc1c(CCl)cccc1OC(F)(F)F. The van der Waals surface area contributed by atoms with Gasteiger partial charge in [-0.1, -0.05) is 12.1 Å². The third-order valence-electron chi connectivity index (χ3n) is 1.64. The third-order valence-corrected chi connectivity index (χ3v) is 1.92. The maximum Gasteiger partial charge on any atom is 0.573 e. The van der Waals surface area contributed by atoms with Crippen molar-refractivity contribution in [3.63, 3.8) is 0 Å². The molecular weight excluding hydrogens is 271 g/mol. The van der Waals surface area contributed by atoms with Crippen molar-refractivity contribution in [2.75, 3.05) is 0 Å². The number of hydrogen-bond donors (Lipinski definition) is 0. The summed E-state index contributed by atoms with van der Waals surface area (Å²) in [6, 6.07) is 3.31. The van der Waals surface area contributed by atoms with Crippen molar-refractivity contribution >= 4 is 11.6 Å². The van der Waals surface area contributed by atoms with Gasteiger partial charge in [0, 0.05) is 5.56 Å². The van der Waals surface area contributed by atoms with E-state index in [1.165, 1.54) is 12.1 Å². The highest BCUT2D eigenvalue weighted by Crippen LogP contribution is 2.36. The van der Waals surface area contributed by atoms with Crippen molar-refractivity contribution in [3.05, 3.63) is 23.8 Å². The number of para-hydroxylation sites is 1. The highest BCUT2D eigenvalue weighted by molar-refractivity contribution is 6.17. The second-order valence-corrected chi connectivity index (χ2v) is 3.07. The van der Waals surface area contributed by atoms with Crippen LogP contribution >= 0.6 is 11.6 Å². The molecule has 0 N–H and O–H groups in total. The van der Waals surface area contributed by atoms with Crippen LogP contribution in [0.3, 0.4) is 0 Å². The van der Waals surface area contributed by atoms with Crippen LogP contribution in [0.1, 0.15) is 5.56 Å². The molecule has 0 heterocycles. The van der Waals surface area contributed by atoms with Crippen LogP contribution in [0.5, 0.6) is 11.5 Å². The van der Waals surface area contributed by atoms with Crippen LogP contribution < -0.4 is 9.47 Å². The Morgan fingerprint density at radius 2 is 1.88 bits per heavy atom. The van der Waals surface area contributed by atoms with E-state index in [0.717, 1.165) is 6.07 Å². The molecule has 1 rings (SSSR count). The summed E-state index contributed by atoms with van der Waals surface area (Å²) in [5.41, 5.74) is -0.0197. The quantitative estimate of drug-likeness (QED) is 0.613.